The summed E-state index contributed by atoms with van der Waals surface area (Å²) in [5, 5.41) is 11.0. The molecule has 1 saturated heterocycles. The number of anilines is 3. The summed E-state index contributed by atoms with van der Waals surface area (Å²) >= 11 is 6.22. The summed E-state index contributed by atoms with van der Waals surface area (Å²) in [5.74, 6) is 0.464. The number of amides is 3. The van der Waals surface area contributed by atoms with E-state index in [-0.39, 0.29) is 24.7 Å². The van der Waals surface area contributed by atoms with E-state index in [2.05, 4.69) is 20.6 Å². The van der Waals surface area contributed by atoms with Gasteiger partial charge in [0.25, 0.3) is 5.91 Å². The smallest absolute Gasteiger partial charge is 0.317 e. The predicted molar refractivity (Wildman–Crippen MR) is 148 cm³/mol. The Hall–Kier alpha value is -3.63. The van der Waals surface area contributed by atoms with Gasteiger partial charge in [-0.3, -0.25) is 14.4 Å². The molecule has 3 aliphatic rings. The van der Waals surface area contributed by atoms with Crippen molar-refractivity contribution in [2.75, 3.05) is 42.9 Å². The number of hydrogen-bond acceptors (Lipinski definition) is 5. The number of piperazine rings is 1. The second kappa shape index (κ2) is 10.5. The van der Waals surface area contributed by atoms with Crippen LogP contribution in [0.5, 0.6) is 0 Å². The number of urea groups is 1. The summed E-state index contributed by atoms with van der Waals surface area (Å²) in [6.45, 7) is 4.69. The summed E-state index contributed by atoms with van der Waals surface area (Å²) in [4.78, 5) is 32.1. The standard InChI is InChI=1S/C28H31ClFN7O2/c1-34-26-20(15-32-34)17-37(25-7-5-21(29)13-24(25)33-26)27(38)22-6-4-19(12-23(22)30)14-31-28(39)36-10-8-35(9-11-36)16-18-2-3-18/h4-7,12-13,15,18,33H,2-3,8-11,14,16-17H2,1H3,(H,31,39). The van der Waals surface area contributed by atoms with Crippen molar-refractivity contribution in [1.29, 1.82) is 0 Å². The average Bonchev–Trinajstić information content (AvgIpc) is 3.71. The molecule has 39 heavy (non-hydrogen) atoms. The third-order valence-electron chi connectivity index (χ3n) is 7.67. The maximum absolute atomic E-state index is 15.3. The van der Waals surface area contributed by atoms with Crippen LogP contribution >= 0.6 is 11.6 Å². The van der Waals surface area contributed by atoms with Gasteiger partial charge in [0, 0.05) is 56.9 Å². The van der Waals surface area contributed by atoms with Crippen LogP contribution in [-0.2, 0) is 20.1 Å². The van der Waals surface area contributed by atoms with Crippen LogP contribution in [0.2, 0.25) is 5.02 Å². The molecule has 3 amide bonds. The molecule has 3 aromatic rings. The SMILES string of the molecule is Cn1ncc2c1Nc1cc(Cl)ccc1N(C(=O)c1ccc(CNC(=O)N3CCN(CC4CC4)CC3)cc1F)C2. The molecule has 1 saturated carbocycles. The Morgan fingerprint density at radius 1 is 1.13 bits per heavy atom. The van der Waals surface area contributed by atoms with Crippen molar-refractivity contribution >= 4 is 40.7 Å². The molecule has 9 nitrogen and oxygen atoms in total. The van der Waals surface area contributed by atoms with E-state index in [1.54, 1.807) is 47.1 Å². The number of halogens is 2. The Morgan fingerprint density at radius 2 is 1.92 bits per heavy atom. The van der Waals surface area contributed by atoms with E-state index in [0.29, 0.717) is 35.1 Å². The van der Waals surface area contributed by atoms with Gasteiger partial charge in [0.1, 0.15) is 11.6 Å². The summed E-state index contributed by atoms with van der Waals surface area (Å²) in [6, 6.07) is 9.50. The first-order chi connectivity index (χ1) is 18.9. The fourth-order valence-electron chi connectivity index (χ4n) is 5.24. The molecule has 0 atom stereocenters. The number of aromatic nitrogens is 2. The van der Waals surface area contributed by atoms with E-state index < -0.39 is 11.7 Å². The van der Waals surface area contributed by atoms with Crippen LogP contribution < -0.4 is 15.5 Å². The molecule has 2 fully saturated rings. The third-order valence-corrected chi connectivity index (χ3v) is 7.91. The minimum absolute atomic E-state index is 0.0508. The highest BCUT2D eigenvalue weighted by atomic mass is 35.5. The molecule has 2 N–H and O–H groups in total. The number of hydrogen-bond donors (Lipinski definition) is 2. The highest BCUT2D eigenvalue weighted by molar-refractivity contribution is 6.31. The molecule has 11 heteroatoms. The second-order valence-electron chi connectivity index (χ2n) is 10.5. The zero-order chi connectivity index (χ0) is 27.1. The highest BCUT2D eigenvalue weighted by Crippen LogP contribution is 2.38. The van der Waals surface area contributed by atoms with Gasteiger partial charge in [-0.15, -0.1) is 0 Å². The average molecular weight is 552 g/mol. The molecule has 0 radical (unpaired) electrons. The van der Waals surface area contributed by atoms with Gasteiger partial charge in [-0.1, -0.05) is 17.7 Å². The van der Waals surface area contributed by atoms with Gasteiger partial charge in [-0.25, -0.2) is 9.18 Å². The van der Waals surface area contributed by atoms with E-state index in [1.807, 2.05) is 0 Å². The van der Waals surface area contributed by atoms with Crippen LogP contribution in [0.25, 0.3) is 0 Å². The summed E-state index contributed by atoms with van der Waals surface area (Å²) in [7, 11) is 1.81. The maximum atomic E-state index is 15.3. The van der Waals surface area contributed by atoms with Crippen LogP contribution in [-0.4, -0.2) is 64.2 Å². The molecule has 0 spiro atoms. The molecule has 1 aliphatic carbocycles. The number of benzene rings is 2. The zero-order valence-electron chi connectivity index (χ0n) is 21.8. The lowest BCUT2D eigenvalue weighted by Crippen LogP contribution is -2.51. The Kier molecular flexibility index (Phi) is 6.90. The number of nitrogens with one attached hydrogen (secondary N) is 2. The maximum Gasteiger partial charge on any atom is 0.317 e. The second-order valence-corrected chi connectivity index (χ2v) is 11.0. The van der Waals surface area contributed by atoms with Crippen molar-refractivity contribution in [2.45, 2.75) is 25.9 Å². The van der Waals surface area contributed by atoms with E-state index in [1.165, 1.54) is 29.9 Å². The van der Waals surface area contributed by atoms with Gasteiger partial charge in [0.2, 0.25) is 0 Å². The first kappa shape index (κ1) is 25.6. The van der Waals surface area contributed by atoms with Gasteiger partial charge >= 0.3 is 6.03 Å². The van der Waals surface area contributed by atoms with Crippen LogP contribution in [0, 0.1) is 11.7 Å². The lowest BCUT2D eigenvalue weighted by Gasteiger charge is -2.34. The molecular weight excluding hydrogens is 521 g/mol. The Bertz CT molecular complexity index is 1410. The number of fused-ring (bicyclic) bond motifs is 2. The summed E-state index contributed by atoms with van der Waals surface area (Å²) < 4.78 is 17.0. The van der Waals surface area contributed by atoms with Crippen molar-refractivity contribution < 1.29 is 14.0 Å². The minimum Gasteiger partial charge on any atom is -0.338 e. The van der Waals surface area contributed by atoms with Crippen LogP contribution in [0.15, 0.2) is 42.6 Å². The Morgan fingerprint density at radius 3 is 2.67 bits per heavy atom. The first-order valence-corrected chi connectivity index (χ1v) is 13.7. The van der Waals surface area contributed by atoms with Crippen molar-refractivity contribution in [2.24, 2.45) is 13.0 Å². The predicted octanol–water partition coefficient (Wildman–Crippen LogP) is 4.35. The molecule has 204 valence electrons. The molecule has 0 bridgehead atoms. The molecule has 0 unspecified atom stereocenters. The van der Waals surface area contributed by atoms with Gasteiger partial charge < -0.3 is 20.4 Å². The number of aryl methyl sites for hydroxylation is 1. The lowest BCUT2D eigenvalue weighted by molar-refractivity contribution is 0.0981. The number of rotatable bonds is 5. The van der Waals surface area contributed by atoms with Gasteiger partial charge in [-0.05, 0) is 54.7 Å². The number of carbonyl (C=O) groups is 2. The molecule has 6 rings (SSSR count). The third kappa shape index (κ3) is 5.44. The van der Waals surface area contributed by atoms with Crippen molar-refractivity contribution in [1.82, 2.24) is 24.9 Å². The molecule has 3 heterocycles. The van der Waals surface area contributed by atoms with E-state index in [9.17, 15) is 9.59 Å². The largest absolute Gasteiger partial charge is 0.338 e. The topological polar surface area (TPSA) is 85.7 Å². The molecule has 1 aromatic heterocycles. The van der Waals surface area contributed by atoms with E-state index >= 15 is 4.39 Å². The Labute approximate surface area is 231 Å². The fraction of sp³-hybridized carbons (Fsp3) is 0.393. The zero-order valence-corrected chi connectivity index (χ0v) is 22.5. The Balaban J connectivity index is 1.13. The lowest BCUT2D eigenvalue weighted by atomic mass is 10.1. The van der Waals surface area contributed by atoms with Crippen LogP contribution in [0.3, 0.4) is 0 Å². The van der Waals surface area contributed by atoms with Gasteiger partial charge in [0.05, 0.1) is 29.7 Å². The monoisotopic (exact) mass is 551 g/mol. The van der Waals surface area contributed by atoms with Crippen molar-refractivity contribution in [3.05, 3.63) is 70.1 Å². The summed E-state index contributed by atoms with van der Waals surface area (Å²) in [5.41, 5.74) is 2.56. The first-order valence-electron chi connectivity index (χ1n) is 13.3. The van der Waals surface area contributed by atoms with Crippen molar-refractivity contribution in [3.63, 3.8) is 0 Å². The normalized spacial score (nSPS) is 17.2. The van der Waals surface area contributed by atoms with Crippen LogP contribution in [0.1, 0.15) is 34.3 Å². The molecule has 2 aliphatic heterocycles. The fourth-order valence-corrected chi connectivity index (χ4v) is 5.42. The number of carbonyl (C=O) groups excluding carboxylic acids is 2. The molecule has 2 aromatic carbocycles. The van der Waals surface area contributed by atoms with E-state index in [4.69, 9.17) is 11.6 Å². The highest BCUT2D eigenvalue weighted by Gasteiger charge is 2.29. The minimum atomic E-state index is -0.639. The van der Waals surface area contributed by atoms with E-state index in [0.717, 1.165) is 36.9 Å². The summed E-state index contributed by atoms with van der Waals surface area (Å²) in [6.07, 6.45) is 4.33. The quantitative estimate of drug-likeness (QED) is 0.492. The van der Waals surface area contributed by atoms with Gasteiger partial charge in [-0.2, -0.15) is 5.10 Å². The van der Waals surface area contributed by atoms with Crippen molar-refractivity contribution in [3.8, 4) is 0 Å². The van der Waals surface area contributed by atoms with Gasteiger partial charge in [0.15, 0.2) is 0 Å². The van der Waals surface area contributed by atoms with Crippen LogP contribution in [0.4, 0.5) is 26.4 Å². The number of nitrogens with zero attached hydrogens (tertiary/aromatic N) is 5. The molecular formula is C28H31ClFN7O2.